The molecule has 0 saturated carbocycles. The van der Waals surface area contributed by atoms with E-state index in [1.54, 1.807) is 25.4 Å². The van der Waals surface area contributed by atoms with Crippen LogP contribution in [-0.4, -0.2) is 28.0 Å². The second-order valence-corrected chi connectivity index (χ2v) is 6.13. The molecule has 1 aromatic carbocycles. The van der Waals surface area contributed by atoms with Crippen molar-refractivity contribution in [1.29, 1.82) is 0 Å². The molecule has 2 aromatic heterocycles. The molecule has 0 fully saturated rings. The van der Waals surface area contributed by atoms with Crippen LogP contribution in [0.1, 0.15) is 17.7 Å². The topological polar surface area (TPSA) is 66.3 Å². The standard InChI is InChI=1S/C20H17N3O2/c1-23-18-9-3-2-7-15(18)20(25,19(23)24)12-4-6-14-10-11-16-17(22-14)8-5-13-21-16/h2-11,13,25H,12H2,1H3/b6-4+/t20-/m0/s1. The highest BCUT2D eigenvalue weighted by Crippen LogP contribution is 2.41. The van der Waals surface area contributed by atoms with Crippen LogP contribution in [0.3, 0.4) is 0 Å². The van der Waals surface area contributed by atoms with Gasteiger partial charge in [0.2, 0.25) is 0 Å². The lowest BCUT2D eigenvalue weighted by molar-refractivity contribution is -0.135. The van der Waals surface area contributed by atoms with E-state index >= 15 is 0 Å². The number of aromatic nitrogens is 2. The molecule has 5 heteroatoms. The first-order chi connectivity index (χ1) is 12.1. The van der Waals surface area contributed by atoms with Crippen molar-refractivity contribution in [2.24, 2.45) is 0 Å². The van der Waals surface area contributed by atoms with E-state index < -0.39 is 5.60 Å². The van der Waals surface area contributed by atoms with Gasteiger partial charge in [0, 0.05) is 25.2 Å². The van der Waals surface area contributed by atoms with Gasteiger partial charge in [-0.2, -0.15) is 0 Å². The Morgan fingerprint density at radius 1 is 1.12 bits per heavy atom. The van der Waals surface area contributed by atoms with E-state index in [0.717, 1.165) is 22.4 Å². The quantitative estimate of drug-likeness (QED) is 0.801. The number of carbonyl (C=O) groups excluding carboxylic acids is 1. The van der Waals surface area contributed by atoms with Crippen LogP contribution in [0.4, 0.5) is 5.69 Å². The van der Waals surface area contributed by atoms with Crippen LogP contribution < -0.4 is 4.90 Å². The SMILES string of the molecule is CN1C(=O)[C@](O)(C/C=C/c2ccc3ncccc3n2)c2ccccc21. The van der Waals surface area contributed by atoms with Gasteiger partial charge in [0.1, 0.15) is 0 Å². The summed E-state index contributed by atoms with van der Waals surface area (Å²) in [5, 5.41) is 11.0. The number of fused-ring (bicyclic) bond motifs is 2. The first-order valence-electron chi connectivity index (χ1n) is 8.08. The number of nitrogens with zero attached hydrogens (tertiary/aromatic N) is 3. The van der Waals surface area contributed by atoms with Crippen molar-refractivity contribution < 1.29 is 9.90 Å². The molecule has 3 aromatic rings. The molecule has 0 aliphatic carbocycles. The number of amides is 1. The molecule has 1 aliphatic heterocycles. The van der Waals surface area contributed by atoms with Crippen LogP contribution in [0.25, 0.3) is 17.1 Å². The maximum atomic E-state index is 12.5. The van der Waals surface area contributed by atoms with Crippen molar-refractivity contribution in [2.75, 3.05) is 11.9 Å². The minimum atomic E-state index is -1.53. The number of pyridine rings is 2. The lowest BCUT2D eigenvalue weighted by Gasteiger charge is -2.19. The van der Waals surface area contributed by atoms with Gasteiger partial charge in [-0.3, -0.25) is 9.78 Å². The maximum absolute atomic E-state index is 12.5. The smallest absolute Gasteiger partial charge is 0.263 e. The third-order valence-corrected chi connectivity index (χ3v) is 4.55. The third-order valence-electron chi connectivity index (χ3n) is 4.55. The van der Waals surface area contributed by atoms with Crippen molar-refractivity contribution in [1.82, 2.24) is 9.97 Å². The average Bonchev–Trinajstić information content (AvgIpc) is 2.84. The number of anilines is 1. The fourth-order valence-electron chi connectivity index (χ4n) is 3.23. The van der Waals surface area contributed by atoms with E-state index in [0.29, 0.717) is 5.56 Å². The van der Waals surface area contributed by atoms with E-state index in [2.05, 4.69) is 9.97 Å². The van der Waals surface area contributed by atoms with Crippen LogP contribution in [0.15, 0.2) is 60.8 Å². The van der Waals surface area contributed by atoms with Gasteiger partial charge in [-0.15, -0.1) is 0 Å². The van der Waals surface area contributed by atoms with Gasteiger partial charge in [0.15, 0.2) is 5.60 Å². The van der Waals surface area contributed by atoms with Gasteiger partial charge in [0.05, 0.1) is 22.4 Å². The van der Waals surface area contributed by atoms with Crippen molar-refractivity contribution in [3.63, 3.8) is 0 Å². The highest BCUT2D eigenvalue weighted by molar-refractivity contribution is 6.06. The Hall–Kier alpha value is -3.05. The zero-order chi connectivity index (χ0) is 17.4. The molecule has 1 N–H and O–H groups in total. The Bertz CT molecular complexity index is 999. The molecular weight excluding hydrogens is 314 g/mol. The molecule has 3 heterocycles. The fourth-order valence-corrected chi connectivity index (χ4v) is 3.23. The van der Waals surface area contributed by atoms with E-state index in [-0.39, 0.29) is 12.3 Å². The minimum Gasteiger partial charge on any atom is -0.375 e. The van der Waals surface area contributed by atoms with E-state index in [1.165, 1.54) is 4.90 Å². The van der Waals surface area contributed by atoms with E-state index in [1.807, 2.05) is 48.5 Å². The number of para-hydroxylation sites is 1. The molecule has 0 unspecified atom stereocenters. The number of aliphatic hydroxyl groups is 1. The molecule has 124 valence electrons. The van der Waals surface area contributed by atoms with Gasteiger partial charge in [-0.1, -0.05) is 24.3 Å². The summed E-state index contributed by atoms with van der Waals surface area (Å²) in [4.78, 5) is 22.8. The van der Waals surface area contributed by atoms with Gasteiger partial charge < -0.3 is 10.0 Å². The van der Waals surface area contributed by atoms with Gasteiger partial charge in [-0.25, -0.2) is 4.98 Å². The molecule has 5 nitrogen and oxygen atoms in total. The van der Waals surface area contributed by atoms with Crippen LogP contribution in [-0.2, 0) is 10.4 Å². The van der Waals surface area contributed by atoms with Gasteiger partial charge >= 0.3 is 0 Å². The summed E-state index contributed by atoms with van der Waals surface area (Å²) in [6.07, 6.45) is 5.53. The second-order valence-electron chi connectivity index (χ2n) is 6.13. The number of likely N-dealkylation sites (N-methyl/N-ethyl adjacent to an activating group) is 1. The first kappa shape index (κ1) is 15.5. The van der Waals surface area contributed by atoms with E-state index in [9.17, 15) is 9.90 Å². The van der Waals surface area contributed by atoms with Crippen LogP contribution in [0.2, 0.25) is 0 Å². The largest absolute Gasteiger partial charge is 0.375 e. The Morgan fingerprint density at radius 2 is 1.96 bits per heavy atom. The van der Waals surface area contributed by atoms with Crippen LogP contribution >= 0.6 is 0 Å². The summed E-state index contributed by atoms with van der Waals surface area (Å²) in [5.41, 5.74) is 2.27. The van der Waals surface area contributed by atoms with Crippen LogP contribution in [0.5, 0.6) is 0 Å². The zero-order valence-electron chi connectivity index (χ0n) is 13.8. The molecule has 25 heavy (non-hydrogen) atoms. The van der Waals surface area contributed by atoms with Gasteiger partial charge in [0.25, 0.3) is 5.91 Å². The molecule has 0 spiro atoms. The monoisotopic (exact) mass is 331 g/mol. The third kappa shape index (κ3) is 2.49. The summed E-state index contributed by atoms with van der Waals surface area (Å²) in [7, 11) is 1.68. The number of rotatable bonds is 3. The number of carbonyl (C=O) groups is 1. The lowest BCUT2D eigenvalue weighted by atomic mass is 9.91. The average molecular weight is 331 g/mol. The number of hydrogen-bond donors (Lipinski definition) is 1. The maximum Gasteiger partial charge on any atom is 0.263 e. The molecule has 0 saturated heterocycles. The van der Waals surface area contributed by atoms with Crippen molar-refractivity contribution in [3.8, 4) is 0 Å². The fraction of sp³-hybridized carbons (Fsp3) is 0.150. The highest BCUT2D eigenvalue weighted by Gasteiger charge is 2.47. The summed E-state index contributed by atoms with van der Waals surface area (Å²) in [5.74, 6) is -0.311. The Balaban J connectivity index is 1.61. The Morgan fingerprint density at radius 3 is 2.84 bits per heavy atom. The predicted molar refractivity (Wildman–Crippen MR) is 96.9 cm³/mol. The molecule has 1 aliphatic rings. The van der Waals surface area contributed by atoms with Crippen molar-refractivity contribution in [3.05, 3.63) is 72.1 Å². The zero-order valence-corrected chi connectivity index (χ0v) is 13.8. The minimum absolute atomic E-state index is 0.194. The molecule has 4 rings (SSSR count). The number of benzene rings is 1. The molecule has 1 amide bonds. The summed E-state index contributed by atoms with van der Waals surface area (Å²) < 4.78 is 0. The normalized spacial score (nSPS) is 19.8. The summed E-state index contributed by atoms with van der Waals surface area (Å²) in [6.45, 7) is 0. The molecule has 0 bridgehead atoms. The first-order valence-corrected chi connectivity index (χ1v) is 8.08. The predicted octanol–water partition coefficient (Wildman–Crippen LogP) is 2.90. The van der Waals surface area contributed by atoms with E-state index in [4.69, 9.17) is 0 Å². The molecular formula is C20H17N3O2. The molecule has 1 atom stereocenters. The van der Waals surface area contributed by atoms with Gasteiger partial charge in [-0.05, 0) is 36.4 Å². The lowest BCUT2D eigenvalue weighted by Crippen LogP contribution is -2.38. The Kier molecular flexibility index (Phi) is 3.58. The highest BCUT2D eigenvalue weighted by atomic mass is 16.3. The van der Waals surface area contributed by atoms with Crippen LogP contribution in [0, 0.1) is 0 Å². The summed E-state index contributed by atoms with van der Waals surface area (Å²) >= 11 is 0. The Labute approximate surface area is 145 Å². The number of hydrogen-bond acceptors (Lipinski definition) is 4. The summed E-state index contributed by atoms with van der Waals surface area (Å²) in [6, 6.07) is 14.8. The van der Waals surface area contributed by atoms with Crippen molar-refractivity contribution >= 4 is 28.7 Å². The molecule has 0 radical (unpaired) electrons. The second kappa shape index (κ2) is 5.79. The van der Waals surface area contributed by atoms with Crippen molar-refractivity contribution in [2.45, 2.75) is 12.0 Å².